The van der Waals surface area contributed by atoms with E-state index in [1.165, 1.54) is 25.7 Å². The van der Waals surface area contributed by atoms with Crippen LogP contribution in [0.3, 0.4) is 0 Å². The molecule has 1 heterocycles. The van der Waals surface area contributed by atoms with Gasteiger partial charge in [0.2, 0.25) is 0 Å². The van der Waals surface area contributed by atoms with Crippen LogP contribution in [-0.2, 0) is 4.74 Å². The number of anilines is 1. The highest BCUT2D eigenvalue weighted by atomic mass is 16.5. The molecule has 0 saturated heterocycles. The molecule has 0 radical (unpaired) electrons. The zero-order chi connectivity index (χ0) is 12.3. The molecule has 1 aliphatic rings. The predicted octanol–water partition coefficient (Wildman–Crippen LogP) is 2.81. The van der Waals surface area contributed by atoms with Crippen molar-refractivity contribution in [2.75, 3.05) is 12.3 Å². The van der Waals surface area contributed by atoms with Gasteiger partial charge in [0.25, 0.3) is 0 Å². The molecule has 1 unspecified atom stereocenters. The maximum Gasteiger partial charge on any atom is 0.159 e. The smallest absolute Gasteiger partial charge is 0.159 e. The molecule has 1 fully saturated rings. The summed E-state index contributed by atoms with van der Waals surface area (Å²) in [7, 11) is 0. The van der Waals surface area contributed by atoms with Gasteiger partial charge in [0, 0.05) is 24.3 Å². The molecule has 94 valence electrons. The van der Waals surface area contributed by atoms with Gasteiger partial charge >= 0.3 is 0 Å². The van der Waals surface area contributed by atoms with E-state index in [4.69, 9.17) is 10.5 Å². The minimum absolute atomic E-state index is 0.0800. The third-order valence-electron chi connectivity index (χ3n) is 3.34. The van der Waals surface area contributed by atoms with Crippen LogP contribution in [0.2, 0.25) is 0 Å². The standard InChI is InChI=1S/C13H21N3O/c1-3-17-9(2)13-15-11(8-12(14)16-13)10-6-4-5-7-10/h8-10H,3-7H2,1-2H3,(H2,14,15,16). The fourth-order valence-corrected chi connectivity index (χ4v) is 2.44. The van der Waals surface area contributed by atoms with E-state index < -0.39 is 0 Å². The summed E-state index contributed by atoms with van der Waals surface area (Å²) in [5, 5.41) is 0. The molecule has 0 bridgehead atoms. The van der Waals surface area contributed by atoms with Crippen LogP contribution >= 0.6 is 0 Å². The number of rotatable bonds is 4. The molecule has 0 aliphatic heterocycles. The quantitative estimate of drug-likeness (QED) is 0.871. The number of hydrogen-bond donors (Lipinski definition) is 1. The van der Waals surface area contributed by atoms with E-state index in [0.29, 0.717) is 24.2 Å². The van der Waals surface area contributed by atoms with E-state index in [-0.39, 0.29) is 6.10 Å². The maximum atomic E-state index is 5.85. The first kappa shape index (κ1) is 12.3. The summed E-state index contributed by atoms with van der Waals surface area (Å²) < 4.78 is 5.52. The summed E-state index contributed by atoms with van der Waals surface area (Å²) in [5.41, 5.74) is 6.95. The molecule has 0 spiro atoms. The van der Waals surface area contributed by atoms with E-state index in [1.807, 2.05) is 19.9 Å². The Balaban J connectivity index is 2.22. The van der Waals surface area contributed by atoms with Crippen molar-refractivity contribution in [3.63, 3.8) is 0 Å². The van der Waals surface area contributed by atoms with Crippen molar-refractivity contribution in [1.29, 1.82) is 0 Å². The number of nitrogens with two attached hydrogens (primary N) is 1. The number of nitrogens with zero attached hydrogens (tertiary/aromatic N) is 2. The van der Waals surface area contributed by atoms with Gasteiger partial charge in [-0.25, -0.2) is 9.97 Å². The SMILES string of the molecule is CCOC(C)c1nc(N)cc(C2CCCC2)n1. The monoisotopic (exact) mass is 235 g/mol. The van der Waals surface area contributed by atoms with Gasteiger partial charge in [0.1, 0.15) is 11.9 Å². The summed E-state index contributed by atoms with van der Waals surface area (Å²) >= 11 is 0. The molecule has 2 rings (SSSR count). The average molecular weight is 235 g/mol. The van der Waals surface area contributed by atoms with Crippen LogP contribution in [0, 0.1) is 0 Å². The van der Waals surface area contributed by atoms with Crippen LogP contribution < -0.4 is 5.73 Å². The van der Waals surface area contributed by atoms with Crippen molar-refractivity contribution in [3.05, 3.63) is 17.6 Å². The first-order chi connectivity index (χ1) is 8.20. The highest BCUT2D eigenvalue weighted by molar-refractivity contribution is 5.32. The van der Waals surface area contributed by atoms with E-state index in [9.17, 15) is 0 Å². The Hall–Kier alpha value is -1.16. The lowest BCUT2D eigenvalue weighted by Gasteiger charge is -2.14. The fourth-order valence-electron chi connectivity index (χ4n) is 2.44. The molecule has 17 heavy (non-hydrogen) atoms. The first-order valence-electron chi connectivity index (χ1n) is 6.46. The van der Waals surface area contributed by atoms with Crippen molar-refractivity contribution in [3.8, 4) is 0 Å². The van der Waals surface area contributed by atoms with Crippen molar-refractivity contribution in [2.45, 2.75) is 51.6 Å². The van der Waals surface area contributed by atoms with E-state index in [0.717, 1.165) is 5.69 Å². The second kappa shape index (κ2) is 5.45. The van der Waals surface area contributed by atoms with Crippen molar-refractivity contribution >= 4 is 5.82 Å². The normalized spacial score (nSPS) is 18.5. The Morgan fingerprint density at radius 3 is 2.76 bits per heavy atom. The van der Waals surface area contributed by atoms with Crippen LogP contribution in [0.5, 0.6) is 0 Å². The number of nitrogen functional groups attached to an aromatic ring is 1. The molecule has 1 aromatic rings. The Labute approximate surface area is 103 Å². The van der Waals surface area contributed by atoms with E-state index >= 15 is 0 Å². The largest absolute Gasteiger partial charge is 0.384 e. The number of hydrogen-bond acceptors (Lipinski definition) is 4. The zero-order valence-corrected chi connectivity index (χ0v) is 10.6. The van der Waals surface area contributed by atoms with Crippen LogP contribution in [0.25, 0.3) is 0 Å². The topological polar surface area (TPSA) is 61.0 Å². The van der Waals surface area contributed by atoms with Crippen molar-refractivity contribution in [2.24, 2.45) is 0 Å². The van der Waals surface area contributed by atoms with Gasteiger partial charge < -0.3 is 10.5 Å². The minimum Gasteiger partial charge on any atom is -0.384 e. The summed E-state index contributed by atoms with van der Waals surface area (Å²) in [5.74, 6) is 1.84. The lowest BCUT2D eigenvalue weighted by Crippen LogP contribution is -2.10. The molecule has 1 aromatic heterocycles. The van der Waals surface area contributed by atoms with Gasteiger partial charge in [-0.15, -0.1) is 0 Å². The van der Waals surface area contributed by atoms with Gasteiger partial charge in [-0.1, -0.05) is 12.8 Å². The van der Waals surface area contributed by atoms with Crippen LogP contribution in [-0.4, -0.2) is 16.6 Å². The molecule has 2 N–H and O–H groups in total. The van der Waals surface area contributed by atoms with Crippen molar-refractivity contribution in [1.82, 2.24) is 9.97 Å². The summed E-state index contributed by atoms with van der Waals surface area (Å²) in [6, 6.07) is 1.91. The molecule has 1 atom stereocenters. The summed E-state index contributed by atoms with van der Waals surface area (Å²) in [4.78, 5) is 8.88. The van der Waals surface area contributed by atoms with Crippen LogP contribution in [0.1, 0.15) is 63.1 Å². The predicted molar refractivity (Wildman–Crippen MR) is 67.7 cm³/mol. The highest BCUT2D eigenvalue weighted by Crippen LogP contribution is 2.33. The number of aromatic nitrogens is 2. The highest BCUT2D eigenvalue weighted by Gasteiger charge is 2.20. The summed E-state index contributed by atoms with van der Waals surface area (Å²) in [6.45, 7) is 4.61. The van der Waals surface area contributed by atoms with E-state index in [1.54, 1.807) is 0 Å². The molecular formula is C13H21N3O. The molecule has 4 heteroatoms. The first-order valence-corrected chi connectivity index (χ1v) is 6.46. The second-order valence-electron chi connectivity index (χ2n) is 4.65. The van der Waals surface area contributed by atoms with Gasteiger partial charge in [-0.05, 0) is 26.7 Å². The fraction of sp³-hybridized carbons (Fsp3) is 0.692. The molecule has 0 aromatic carbocycles. The Bertz CT molecular complexity index is 375. The lowest BCUT2D eigenvalue weighted by molar-refractivity contribution is 0.0699. The molecular weight excluding hydrogens is 214 g/mol. The number of ether oxygens (including phenoxy) is 1. The molecule has 1 aliphatic carbocycles. The summed E-state index contributed by atoms with van der Waals surface area (Å²) in [6.07, 6.45) is 4.96. The zero-order valence-electron chi connectivity index (χ0n) is 10.6. The van der Waals surface area contributed by atoms with Gasteiger partial charge in [-0.2, -0.15) is 0 Å². The third kappa shape index (κ3) is 2.94. The van der Waals surface area contributed by atoms with Gasteiger partial charge in [0.05, 0.1) is 0 Å². The van der Waals surface area contributed by atoms with E-state index in [2.05, 4.69) is 9.97 Å². The lowest BCUT2D eigenvalue weighted by atomic mass is 10.0. The van der Waals surface area contributed by atoms with Crippen LogP contribution in [0.4, 0.5) is 5.82 Å². The Morgan fingerprint density at radius 1 is 1.41 bits per heavy atom. The molecule has 4 nitrogen and oxygen atoms in total. The second-order valence-corrected chi connectivity index (χ2v) is 4.65. The maximum absolute atomic E-state index is 5.85. The Morgan fingerprint density at radius 2 is 2.12 bits per heavy atom. The Kier molecular flexibility index (Phi) is 3.94. The van der Waals surface area contributed by atoms with Crippen LogP contribution in [0.15, 0.2) is 6.07 Å². The third-order valence-corrected chi connectivity index (χ3v) is 3.34. The molecule has 0 amide bonds. The van der Waals surface area contributed by atoms with Crippen molar-refractivity contribution < 1.29 is 4.74 Å². The molecule has 1 saturated carbocycles. The average Bonchev–Trinajstić information content (AvgIpc) is 2.82. The minimum atomic E-state index is -0.0800. The van der Waals surface area contributed by atoms with Gasteiger partial charge in [0.15, 0.2) is 5.82 Å². The van der Waals surface area contributed by atoms with Gasteiger partial charge in [-0.3, -0.25) is 0 Å².